The molecule has 128 valence electrons. The van der Waals surface area contributed by atoms with E-state index in [1.54, 1.807) is 0 Å². The number of nitrogens with one attached hydrogen (secondary N) is 2. The predicted molar refractivity (Wildman–Crippen MR) is 101 cm³/mol. The van der Waals surface area contributed by atoms with Crippen molar-refractivity contribution in [3.8, 4) is 11.5 Å². The molecule has 0 amide bonds. The van der Waals surface area contributed by atoms with Gasteiger partial charge >= 0.3 is 0 Å². The Hall–Kier alpha value is -1.08. The van der Waals surface area contributed by atoms with Crippen LogP contribution in [-0.2, 0) is 6.54 Å². The Kier molecular flexibility index (Phi) is 7.88. The van der Waals surface area contributed by atoms with Crippen LogP contribution >= 0.6 is 27.7 Å². The summed E-state index contributed by atoms with van der Waals surface area (Å²) in [5.41, 5.74) is 1.08. The van der Waals surface area contributed by atoms with E-state index in [1.807, 2.05) is 23.9 Å². The van der Waals surface area contributed by atoms with Gasteiger partial charge < -0.3 is 20.1 Å². The number of aliphatic imine (C=N–C) groups is 1. The summed E-state index contributed by atoms with van der Waals surface area (Å²) < 4.78 is 11.8. The molecule has 1 aromatic rings. The second kappa shape index (κ2) is 9.93. The summed E-state index contributed by atoms with van der Waals surface area (Å²) in [7, 11) is 0. The van der Waals surface area contributed by atoms with E-state index in [2.05, 4.69) is 44.7 Å². The molecule has 0 aromatic heterocycles. The number of unbranched alkanes of at least 4 members (excludes halogenated alkanes) is 1. The molecule has 1 aliphatic heterocycles. The molecule has 0 bridgehead atoms. The van der Waals surface area contributed by atoms with Crippen LogP contribution in [0.4, 0.5) is 0 Å². The molecule has 1 heterocycles. The van der Waals surface area contributed by atoms with E-state index in [9.17, 15) is 0 Å². The van der Waals surface area contributed by atoms with Crippen LogP contribution < -0.4 is 20.1 Å². The van der Waals surface area contributed by atoms with Crippen molar-refractivity contribution in [2.24, 2.45) is 4.99 Å². The van der Waals surface area contributed by atoms with Crippen molar-refractivity contribution >= 4 is 33.7 Å². The van der Waals surface area contributed by atoms with Crippen LogP contribution in [0.3, 0.4) is 0 Å². The lowest BCUT2D eigenvalue weighted by Crippen LogP contribution is -2.37. The number of hydrogen-bond acceptors (Lipinski definition) is 4. The van der Waals surface area contributed by atoms with E-state index in [0.717, 1.165) is 47.0 Å². The largest absolute Gasteiger partial charge is 0.454 e. The van der Waals surface area contributed by atoms with Crippen LogP contribution in [0.1, 0.15) is 25.3 Å². The number of thioether (sulfide) groups is 1. The van der Waals surface area contributed by atoms with Gasteiger partial charge in [-0.25, -0.2) is 4.99 Å². The number of guanidine groups is 1. The third-order valence-electron chi connectivity index (χ3n) is 3.32. The maximum Gasteiger partial charge on any atom is 0.231 e. The molecule has 0 unspecified atom stereocenters. The molecule has 0 spiro atoms. The highest BCUT2D eigenvalue weighted by molar-refractivity contribution is 9.10. The molecule has 0 radical (unpaired) electrons. The first kappa shape index (κ1) is 18.3. The van der Waals surface area contributed by atoms with Crippen molar-refractivity contribution in [1.82, 2.24) is 10.6 Å². The predicted octanol–water partition coefficient (Wildman–Crippen LogP) is 3.38. The second-order valence-corrected chi connectivity index (χ2v) is 6.97. The molecule has 0 fully saturated rings. The van der Waals surface area contributed by atoms with Gasteiger partial charge in [-0.3, -0.25) is 0 Å². The molecule has 2 N–H and O–H groups in total. The summed E-state index contributed by atoms with van der Waals surface area (Å²) in [6.07, 6.45) is 4.52. The number of ether oxygens (including phenoxy) is 2. The van der Waals surface area contributed by atoms with Gasteiger partial charge in [0.15, 0.2) is 17.5 Å². The quantitative estimate of drug-likeness (QED) is 0.397. The van der Waals surface area contributed by atoms with Crippen LogP contribution in [0, 0.1) is 0 Å². The number of benzene rings is 1. The number of fused-ring (bicyclic) bond motifs is 1. The highest BCUT2D eigenvalue weighted by Crippen LogP contribution is 2.40. The zero-order valence-electron chi connectivity index (χ0n) is 13.7. The van der Waals surface area contributed by atoms with Crippen molar-refractivity contribution in [3.05, 3.63) is 22.2 Å². The fourth-order valence-electron chi connectivity index (χ4n) is 2.20. The lowest BCUT2D eigenvalue weighted by Gasteiger charge is -2.11. The highest BCUT2D eigenvalue weighted by Gasteiger charge is 2.17. The van der Waals surface area contributed by atoms with Gasteiger partial charge in [0.25, 0.3) is 0 Å². The summed E-state index contributed by atoms with van der Waals surface area (Å²) in [5, 5.41) is 6.66. The molecular formula is C16H24BrN3O2S. The van der Waals surface area contributed by atoms with Gasteiger partial charge in [0.2, 0.25) is 6.79 Å². The summed E-state index contributed by atoms with van der Waals surface area (Å²) >= 11 is 5.40. The van der Waals surface area contributed by atoms with Gasteiger partial charge in [-0.1, -0.05) is 0 Å². The maximum absolute atomic E-state index is 5.44. The molecule has 5 nitrogen and oxygen atoms in total. The van der Waals surface area contributed by atoms with Crippen LogP contribution in [0.25, 0.3) is 0 Å². The molecule has 7 heteroatoms. The Bertz CT molecular complexity index is 540. The lowest BCUT2D eigenvalue weighted by molar-refractivity contribution is 0.173. The first-order valence-corrected chi connectivity index (χ1v) is 10.0. The molecule has 1 aromatic carbocycles. The van der Waals surface area contributed by atoms with Gasteiger partial charge in [0, 0.05) is 13.1 Å². The summed E-state index contributed by atoms with van der Waals surface area (Å²) in [5.74, 6) is 3.61. The fraction of sp³-hybridized carbons (Fsp3) is 0.562. The normalized spacial score (nSPS) is 13.3. The van der Waals surface area contributed by atoms with Crippen molar-refractivity contribution in [2.45, 2.75) is 26.3 Å². The third kappa shape index (κ3) is 5.80. The molecule has 0 atom stereocenters. The topological polar surface area (TPSA) is 54.9 Å². The van der Waals surface area contributed by atoms with Crippen molar-refractivity contribution in [1.29, 1.82) is 0 Å². The molecule has 0 saturated carbocycles. The Balaban J connectivity index is 1.90. The van der Waals surface area contributed by atoms with E-state index in [0.29, 0.717) is 6.54 Å². The van der Waals surface area contributed by atoms with Crippen LogP contribution in [-0.4, -0.2) is 37.9 Å². The molecular weight excluding hydrogens is 378 g/mol. The Labute approximate surface area is 150 Å². The van der Waals surface area contributed by atoms with E-state index in [4.69, 9.17) is 9.47 Å². The maximum atomic E-state index is 5.44. The molecule has 0 saturated heterocycles. The summed E-state index contributed by atoms with van der Waals surface area (Å²) in [6, 6.07) is 4.01. The minimum absolute atomic E-state index is 0.279. The smallest absolute Gasteiger partial charge is 0.231 e. The molecule has 2 rings (SSSR count). The number of rotatable bonds is 8. The van der Waals surface area contributed by atoms with Crippen LogP contribution in [0.5, 0.6) is 11.5 Å². The SMILES string of the molecule is CCNC(=NCc1cc(Br)c2c(c1)OCO2)NCCCCSC. The second-order valence-electron chi connectivity index (χ2n) is 5.13. The minimum Gasteiger partial charge on any atom is -0.454 e. The first-order chi connectivity index (χ1) is 11.2. The van der Waals surface area contributed by atoms with Crippen LogP contribution in [0.15, 0.2) is 21.6 Å². The van der Waals surface area contributed by atoms with Crippen molar-refractivity contribution in [2.75, 3.05) is 31.9 Å². The zero-order chi connectivity index (χ0) is 16.5. The van der Waals surface area contributed by atoms with E-state index >= 15 is 0 Å². The van der Waals surface area contributed by atoms with Gasteiger partial charge in [-0.2, -0.15) is 11.8 Å². The van der Waals surface area contributed by atoms with Crippen LogP contribution in [0.2, 0.25) is 0 Å². The average molecular weight is 402 g/mol. The Morgan fingerprint density at radius 3 is 2.96 bits per heavy atom. The molecule has 23 heavy (non-hydrogen) atoms. The van der Waals surface area contributed by atoms with Gasteiger partial charge in [0.05, 0.1) is 11.0 Å². The Morgan fingerprint density at radius 1 is 1.30 bits per heavy atom. The first-order valence-electron chi connectivity index (χ1n) is 7.83. The van der Waals surface area contributed by atoms with Crippen molar-refractivity contribution < 1.29 is 9.47 Å². The molecule has 0 aliphatic carbocycles. The standard InChI is InChI=1S/C16H24BrN3O2S/c1-3-18-16(19-6-4-5-7-23-2)20-10-12-8-13(17)15-14(9-12)21-11-22-15/h8-9H,3-7,10-11H2,1-2H3,(H2,18,19,20). The summed E-state index contributed by atoms with van der Waals surface area (Å²) in [6.45, 7) is 4.73. The average Bonchev–Trinajstić information content (AvgIpc) is 3.01. The minimum atomic E-state index is 0.279. The molecule has 1 aliphatic rings. The van der Waals surface area contributed by atoms with Gasteiger partial charge in [-0.05, 0) is 65.4 Å². The number of halogens is 1. The zero-order valence-corrected chi connectivity index (χ0v) is 16.1. The van der Waals surface area contributed by atoms with Crippen molar-refractivity contribution in [3.63, 3.8) is 0 Å². The number of nitrogens with zero attached hydrogens (tertiary/aromatic N) is 1. The van der Waals surface area contributed by atoms with Gasteiger partial charge in [0.1, 0.15) is 0 Å². The number of hydrogen-bond donors (Lipinski definition) is 2. The van der Waals surface area contributed by atoms with E-state index in [-0.39, 0.29) is 6.79 Å². The van der Waals surface area contributed by atoms with E-state index in [1.165, 1.54) is 12.2 Å². The third-order valence-corrected chi connectivity index (χ3v) is 4.60. The Morgan fingerprint density at radius 2 is 2.17 bits per heavy atom. The van der Waals surface area contributed by atoms with E-state index < -0.39 is 0 Å². The highest BCUT2D eigenvalue weighted by atomic mass is 79.9. The van der Waals surface area contributed by atoms with Gasteiger partial charge in [-0.15, -0.1) is 0 Å². The lowest BCUT2D eigenvalue weighted by atomic mass is 10.2. The summed E-state index contributed by atoms with van der Waals surface area (Å²) in [4.78, 5) is 4.64. The monoisotopic (exact) mass is 401 g/mol. The fourth-order valence-corrected chi connectivity index (χ4v) is 3.30.